The highest BCUT2D eigenvalue weighted by Crippen LogP contribution is 2.27. The largest absolute Gasteiger partial charge is 0.496 e. The van der Waals surface area contributed by atoms with Gasteiger partial charge in [-0.1, -0.05) is 6.42 Å². The van der Waals surface area contributed by atoms with E-state index < -0.39 is 21.9 Å². The molecule has 0 aromatic heterocycles. The molecule has 0 atom stereocenters. The van der Waals surface area contributed by atoms with Gasteiger partial charge in [-0.25, -0.2) is 13.2 Å². The number of carbonyl (C=O) groups excluding carboxylic acids is 2. The number of carbonyl (C=O) groups is 2. The van der Waals surface area contributed by atoms with Crippen LogP contribution >= 0.6 is 0 Å². The molecule has 0 radical (unpaired) electrons. The third-order valence-electron chi connectivity index (χ3n) is 5.35. The molecule has 1 amide bonds. The maximum absolute atomic E-state index is 13.0. The molecule has 0 bridgehead atoms. The zero-order valence-electron chi connectivity index (χ0n) is 18.5. The van der Waals surface area contributed by atoms with Gasteiger partial charge in [-0.05, 0) is 68.7 Å². The van der Waals surface area contributed by atoms with Gasteiger partial charge in [-0.3, -0.25) is 4.79 Å². The predicted molar refractivity (Wildman–Crippen MR) is 121 cm³/mol. The lowest BCUT2D eigenvalue weighted by atomic mass is 10.1. The van der Waals surface area contributed by atoms with Crippen LogP contribution in [0.4, 0.5) is 5.69 Å². The van der Waals surface area contributed by atoms with E-state index in [4.69, 9.17) is 9.47 Å². The average Bonchev–Trinajstić information content (AvgIpc) is 2.80. The number of methoxy groups -OCH3 is 1. The van der Waals surface area contributed by atoms with Gasteiger partial charge in [-0.15, -0.1) is 0 Å². The maximum Gasteiger partial charge on any atom is 0.338 e. The van der Waals surface area contributed by atoms with Gasteiger partial charge in [0.15, 0.2) is 0 Å². The molecule has 1 saturated heterocycles. The van der Waals surface area contributed by atoms with E-state index in [9.17, 15) is 18.0 Å². The van der Waals surface area contributed by atoms with E-state index >= 15 is 0 Å². The van der Waals surface area contributed by atoms with Gasteiger partial charge in [-0.2, -0.15) is 4.31 Å². The maximum atomic E-state index is 13.0. The molecule has 2 aromatic carbocycles. The second-order valence-electron chi connectivity index (χ2n) is 7.53. The van der Waals surface area contributed by atoms with Gasteiger partial charge in [0.25, 0.3) is 5.91 Å². The second-order valence-corrected chi connectivity index (χ2v) is 9.47. The first-order chi connectivity index (χ1) is 15.3. The van der Waals surface area contributed by atoms with Gasteiger partial charge in [0.2, 0.25) is 10.0 Å². The molecule has 1 fully saturated rings. The Hall–Kier alpha value is -2.91. The van der Waals surface area contributed by atoms with Crippen molar-refractivity contribution in [2.45, 2.75) is 38.0 Å². The summed E-state index contributed by atoms with van der Waals surface area (Å²) in [5.41, 5.74) is 1.66. The highest BCUT2D eigenvalue weighted by Gasteiger charge is 2.27. The summed E-state index contributed by atoms with van der Waals surface area (Å²) < 4.78 is 37.8. The van der Waals surface area contributed by atoms with Crippen LogP contribution in [0.25, 0.3) is 0 Å². The molecule has 1 N–H and O–H groups in total. The topological polar surface area (TPSA) is 102 Å². The zero-order valence-corrected chi connectivity index (χ0v) is 19.3. The van der Waals surface area contributed by atoms with E-state index in [0.29, 0.717) is 29.9 Å². The van der Waals surface area contributed by atoms with Crippen LogP contribution in [0.5, 0.6) is 5.75 Å². The number of nitrogens with zero attached hydrogens (tertiary/aromatic N) is 1. The molecule has 1 aliphatic rings. The number of benzene rings is 2. The number of sulfonamides is 1. The molecule has 1 heterocycles. The Morgan fingerprint density at radius 1 is 1.06 bits per heavy atom. The fraction of sp³-hybridized carbons (Fsp3) is 0.391. The molecule has 9 heteroatoms. The van der Waals surface area contributed by atoms with E-state index in [1.165, 1.54) is 29.6 Å². The minimum atomic E-state index is -3.70. The number of hydrogen-bond donors (Lipinski definition) is 1. The Bertz CT molecular complexity index is 1110. The Kier molecular flexibility index (Phi) is 7.52. The molecular formula is C23H28N2O6S. The first-order valence-corrected chi connectivity index (χ1v) is 12.0. The van der Waals surface area contributed by atoms with Crippen LogP contribution in [0.2, 0.25) is 0 Å². The number of aryl methyl sites for hydroxylation is 1. The minimum absolute atomic E-state index is 0.0553. The summed E-state index contributed by atoms with van der Waals surface area (Å²) in [6, 6.07) is 9.10. The average molecular weight is 461 g/mol. The number of hydrogen-bond acceptors (Lipinski definition) is 6. The quantitative estimate of drug-likeness (QED) is 0.634. The van der Waals surface area contributed by atoms with Crippen molar-refractivity contribution in [3.05, 3.63) is 53.1 Å². The van der Waals surface area contributed by atoms with E-state index in [0.717, 1.165) is 19.3 Å². The summed E-state index contributed by atoms with van der Waals surface area (Å²) in [6.45, 7) is 4.70. The first-order valence-electron chi connectivity index (χ1n) is 10.5. The van der Waals surface area contributed by atoms with Crippen molar-refractivity contribution in [1.29, 1.82) is 0 Å². The number of nitrogens with one attached hydrogen (secondary N) is 1. The number of amides is 1. The lowest BCUT2D eigenvalue weighted by Crippen LogP contribution is -2.35. The van der Waals surface area contributed by atoms with Gasteiger partial charge in [0.1, 0.15) is 5.75 Å². The Morgan fingerprint density at radius 3 is 2.41 bits per heavy atom. The summed E-state index contributed by atoms with van der Waals surface area (Å²) in [5, 5.41) is 2.78. The van der Waals surface area contributed by atoms with Crippen LogP contribution in [-0.2, 0) is 14.8 Å². The molecule has 1 aliphatic heterocycles. The summed E-state index contributed by atoms with van der Waals surface area (Å²) in [4.78, 5) is 25.0. The molecule has 2 aromatic rings. The van der Waals surface area contributed by atoms with E-state index in [1.807, 2.05) is 0 Å². The van der Waals surface area contributed by atoms with Crippen LogP contribution in [0.1, 0.15) is 52.5 Å². The van der Waals surface area contributed by atoms with Gasteiger partial charge in [0.05, 0.1) is 29.7 Å². The fourth-order valence-electron chi connectivity index (χ4n) is 3.61. The summed E-state index contributed by atoms with van der Waals surface area (Å²) in [7, 11) is -2.28. The van der Waals surface area contributed by atoms with E-state index in [2.05, 4.69) is 5.32 Å². The van der Waals surface area contributed by atoms with Crippen molar-refractivity contribution >= 4 is 27.6 Å². The van der Waals surface area contributed by atoms with Gasteiger partial charge in [0, 0.05) is 18.8 Å². The molecule has 0 aliphatic carbocycles. The van der Waals surface area contributed by atoms with Crippen molar-refractivity contribution in [1.82, 2.24) is 4.31 Å². The van der Waals surface area contributed by atoms with Crippen molar-refractivity contribution in [3.63, 3.8) is 0 Å². The molecular weight excluding hydrogens is 432 g/mol. The van der Waals surface area contributed by atoms with Crippen LogP contribution in [-0.4, -0.2) is 51.4 Å². The van der Waals surface area contributed by atoms with Crippen LogP contribution in [0.3, 0.4) is 0 Å². The van der Waals surface area contributed by atoms with Crippen LogP contribution in [0.15, 0.2) is 41.3 Å². The molecule has 0 saturated carbocycles. The van der Waals surface area contributed by atoms with E-state index in [1.54, 1.807) is 32.0 Å². The minimum Gasteiger partial charge on any atom is -0.496 e. The third-order valence-corrected chi connectivity index (χ3v) is 7.25. The molecule has 32 heavy (non-hydrogen) atoms. The second kappa shape index (κ2) is 10.1. The van der Waals surface area contributed by atoms with Crippen LogP contribution < -0.4 is 10.1 Å². The molecule has 8 nitrogen and oxygen atoms in total. The van der Waals surface area contributed by atoms with Crippen molar-refractivity contribution < 1.29 is 27.5 Å². The Balaban J connectivity index is 1.87. The van der Waals surface area contributed by atoms with E-state index in [-0.39, 0.29) is 22.8 Å². The normalized spacial score (nSPS) is 14.6. The Morgan fingerprint density at radius 2 is 1.78 bits per heavy atom. The third kappa shape index (κ3) is 5.11. The number of piperidine rings is 1. The SMILES string of the molecule is CCOC(=O)c1ccc(NC(=O)c2cc(S(=O)(=O)N3CCCCC3)ccc2OC)c(C)c1. The summed E-state index contributed by atoms with van der Waals surface area (Å²) >= 11 is 0. The van der Waals surface area contributed by atoms with Crippen LogP contribution in [0, 0.1) is 6.92 Å². The monoisotopic (exact) mass is 460 g/mol. The summed E-state index contributed by atoms with van der Waals surface area (Å²) in [5.74, 6) is -0.684. The number of ether oxygens (including phenoxy) is 2. The predicted octanol–water partition coefficient (Wildman–Crippen LogP) is 3.61. The number of anilines is 1. The van der Waals surface area contributed by atoms with Gasteiger partial charge >= 0.3 is 5.97 Å². The zero-order chi connectivity index (χ0) is 23.3. The highest BCUT2D eigenvalue weighted by molar-refractivity contribution is 7.89. The highest BCUT2D eigenvalue weighted by atomic mass is 32.2. The fourth-order valence-corrected chi connectivity index (χ4v) is 5.16. The summed E-state index contributed by atoms with van der Waals surface area (Å²) in [6.07, 6.45) is 2.66. The van der Waals surface area contributed by atoms with Gasteiger partial charge < -0.3 is 14.8 Å². The molecule has 3 rings (SSSR count). The van der Waals surface area contributed by atoms with Crippen molar-refractivity contribution in [3.8, 4) is 5.75 Å². The Labute approximate surface area is 188 Å². The molecule has 0 unspecified atom stereocenters. The number of rotatable bonds is 7. The lowest BCUT2D eigenvalue weighted by molar-refractivity contribution is 0.0526. The molecule has 172 valence electrons. The molecule has 0 spiro atoms. The van der Waals surface area contributed by atoms with Crippen molar-refractivity contribution in [2.75, 3.05) is 32.1 Å². The smallest absolute Gasteiger partial charge is 0.338 e. The first kappa shape index (κ1) is 23.7. The standard InChI is InChI=1S/C23H28N2O6S/c1-4-31-23(27)17-8-10-20(16(2)14-17)24-22(26)19-15-18(9-11-21(19)30-3)32(28,29)25-12-6-5-7-13-25/h8-11,14-15H,4-7,12-13H2,1-3H3,(H,24,26). The number of esters is 1. The lowest BCUT2D eigenvalue weighted by Gasteiger charge is -2.26. The van der Waals surface area contributed by atoms with Crippen molar-refractivity contribution in [2.24, 2.45) is 0 Å².